The van der Waals surface area contributed by atoms with Crippen LogP contribution in [0.3, 0.4) is 0 Å². The Kier molecular flexibility index (Phi) is 19.7. The maximum absolute atomic E-state index is 10.4. The summed E-state index contributed by atoms with van der Waals surface area (Å²) in [7, 11) is 0. The monoisotopic (exact) mass is 372 g/mol. The van der Waals surface area contributed by atoms with Crippen molar-refractivity contribution < 1.29 is 24.9 Å². The molecule has 0 aliphatic rings. The number of carbonyl (C=O) groups is 1. The number of unbranched alkanes of at least 4 members (excludes halogenated alkanes) is 11. The van der Waals surface area contributed by atoms with E-state index in [4.69, 9.17) is 20.1 Å². The number of ether oxygens (including phenoxy) is 1. The van der Waals surface area contributed by atoms with Crippen molar-refractivity contribution in [3.63, 3.8) is 0 Å². The molecule has 0 radical (unpaired) electrons. The van der Waals surface area contributed by atoms with Gasteiger partial charge in [0.2, 0.25) is 0 Å². The van der Waals surface area contributed by atoms with Crippen molar-refractivity contribution in [1.29, 1.82) is 0 Å². The Morgan fingerprint density at radius 2 is 1.31 bits per heavy atom. The zero-order chi connectivity index (χ0) is 19.3. The molecule has 0 rings (SSSR count). The van der Waals surface area contributed by atoms with Crippen LogP contribution in [0, 0.1) is 0 Å². The first kappa shape index (κ1) is 25.1. The molecule has 1 atom stereocenters. The molecule has 0 aliphatic heterocycles. The highest BCUT2D eigenvalue weighted by molar-refractivity contribution is 5.66. The fourth-order valence-corrected chi connectivity index (χ4v) is 2.75. The van der Waals surface area contributed by atoms with Gasteiger partial charge in [-0.15, -0.1) is 0 Å². The van der Waals surface area contributed by atoms with Gasteiger partial charge in [-0.05, 0) is 38.5 Å². The zero-order valence-electron chi connectivity index (χ0n) is 16.4. The Balaban J connectivity index is 3.11. The van der Waals surface area contributed by atoms with E-state index in [1.807, 2.05) is 0 Å². The largest absolute Gasteiger partial charge is 0.481 e. The van der Waals surface area contributed by atoms with Crippen LogP contribution in [-0.2, 0) is 9.53 Å². The van der Waals surface area contributed by atoms with Gasteiger partial charge in [-0.25, -0.2) is 0 Å². The summed E-state index contributed by atoms with van der Waals surface area (Å²) in [5.74, 6) is -0.683. The number of carboxylic acids is 1. The van der Waals surface area contributed by atoms with Gasteiger partial charge in [-0.1, -0.05) is 57.1 Å². The lowest BCUT2D eigenvalue weighted by Gasteiger charge is -2.07. The first-order valence-corrected chi connectivity index (χ1v) is 10.4. The van der Waals surface area contributed by atoms with Crippen LogP contribution in [0.15, 0.2) is 12.2 Å². The average Bonchev–Trinajstić information content (AvgIpc) is 2.63. The molecule has 3 N–H and O–H groups in total. The van der Waals surface area contributed by atoms with Crippen LogP contribution in [0.4, 0.5) is 0 Å². The molecule has 26 heavy (non-hydrogen) atoms. The van der Waals surface area contributed by atoms with Gasteiger partial charge in [-0.3, -0.25) is 4.79 Å². The van der Waals surface area contributed by atoms with E-state index in [2.05, 4.69) is 12.2 Å². The van der Waals surface area contributed by atoms with Crippen LogP contribution < -0.4 is 0 Å². The van der Waals surface area contributed by atoms with Crippen LogP contribution in [-0.4, -0.2) is 47.2 Å². The Morgan fingerprint density at radius 1 is 0.808 bits per heavy atom. The van der Waals surface area contributed by atoms with Crippen molar-refractivity contribution >= 4 is 5.97 Å². The predicted molar refractivity (Wildman–Crippen MR) is 105 cm³/mol. The Labute approximate surface area is 159 Å². The lowest BCUT2D eigenvalue weighted by atomic mass is 10.1. The predicted octanol–water partition coefficient (Wildman–Crippen LogP) is 4.46. The molecule has 5 nitrogen and oxygen atoms in total. The molecule has 0 aliphatic carbocycles. The van der Waals surface area contributed by atoms with Gasteiger partial charge in [0.15, 0.2) is 0 Å². The van der Waals surface area contributed by atoms with E-state index < -0.39 is 12.1 Å². The number of carboxylic acid groups (broad SMARTS) is 1. The normalized spacial score (nSPS) is 12.7. The van der Waals surface area contributed by atoms with Gasteiger partial charge in [0.05, 0.1) is 13.2 Å². The minimum absolute atomic E-state index is 0.230. The van der Waals surface area contributed by atoms with Crippen LogP contribution in [0.25, 0.3) is 0 Å². The number of aliphatic carboxylic acids is 1. The summed E-state index contributed by atoms with van der Waals surface area (Å²) in [5, 5.41) is 26.3. The first-order valence-electron chi connectivity index (χ1n) is 10.4. The Hall–Kier alpha value is -0.910. The number of hydrogen-bond donors (Lipinski definition) is 3. The van der Waals surface area contributed by atoms with E-state index in [9.17, 15) is 4.79 Å². The third-order valence-electron chi connectivity index (χ3n) is 4.36. The summed E-state index contributed by atoms with van der Waals surface area (Å²) in [6, 6.07) is 0. The molecular weight excluding hydrogens is 332 g/mol. The minimum atomic E-state index is -0.744. The van der Waals surface area contributed by atoms with E-state index in [-0.39, 0.29) is 13.2 Å². The van der Waals surface area contributed by atoms with Gasteiger partial charge in [0, 0.05) is 13.0 Å². The quantitative estimate of drug-likeness (QED) is 0.217. The van der Waals surface area contributed by atoms with Crippen molar-refractivity contribution in [2.45, 2.75) is 96.0 Å². The average molecular weight is 373 g/mol. The smallest absolute Gasteiger partial charge is 0.303 e. The number of aliphatic hydroxyl groups is 2. The van der Waals surface area contributed by atoms with Crippen molar-refractivity contribution in [3.8, 4) is 0 Å². The topological polar surface area (TPSA) is 87.0 Å². The molecule has 0 bridgehead atoms. The molecule has 154 valence electrons. The van der Waals surface area contributed by atoms with Gasteiger partial charge >= 0.3 is 5.97 Å². The second kappa shape index (κ2) is 20.4. The zero-order valence-corrected chi connectivity index (χ0v) is 16.4. The van der Waals surface area contributed by atoms with E-state index in [0.717, 1.165) is 38.5 Å². The molecule has 1 unspecified atom stereocenters. The van der Waals surface area contributed by atoms with Crippen LogP contribution in [0.1, 0.15) is 89.9 Å². The molecule has 0 saturated heterocycles. The highest BCUT2D eigenvalue weighted by Crippen LogP contribution is 2.10. The summed E-state index contributed by atoms with van der Waals surface area (Å²) in [5.41, 5.74) is 0. The first-order chi connectivity index (χ1) is 12.7. The number of allylic oxidation sites excluding steroid dienone is 2. The maximum Gasteiger partial charge on any atom is 0.303 e. The number of rotatable bonds is 20. The van der Waals surface area contributed by atoms with Gasteiger partial charge in [-0.2, -0.15) is 0 Å². The highest BCUT2D eigenvalue weighted by Gasteiger charge is 2.00. The van der Waals surface area contributed by atoms with Crippen molar-refractivity contribution in [2.24, 2.45) is 0 Å². The third kappa shape index (κ3) is 21.1. The third-order valence-corrected chi connectivity index (χ3v) is 4.36. The van der Waals surface area contributed by atoms with Crippen molar-refractivity contribution in [2.75, 3.05) is 19.8 Å². The fraction of sp³-hybridized carbons (Fsp3) is 0.857. The van der Waals surface area contributed by atoms with Gasteiger partial charge in [0.25, 0.3) is 0 Å². The summed E-state index contributed by atoms with van der Waals surface area (Å²) in [4.78, 5) is 10.4. The van der Waals surface area contributed by atoms with Crippen LogP contribution in [0.5, 0.6) is 0 Å². The highest BCUT2D eigenvalue weighted by atomic mass is 16.5. The number of aliphatic hydroxyl groups excluding tert-OH is 2. The van der Waals surface area contributed by atoms with Crippen LogP contribution >= 0.6 is 0 Å². The molecule has 5 heteroatoms. The van der Waals surface area contributed by atoms with Crippen molar-refractivity contribution in [3.05, 3.63) is 12.2 Å². The van der Waals surface area contributed by atoms with Gasteiger partial charge < -0.3 is 20.1 Å². The lowest BCUT2D eigenvalue weighted by Crippen LogP contribution is -2.19. The minimum Gasteiger partial charge on any atom is -0.481 e. The van der Waals surface area contributed by atoms with E-state index in [0.29, 0.717) is 13.0 Å². The van der Waals surface area contributed by atoms with E-state index in [1.165, 1.54) is 44.9 Å². The number of hydrogen-bond acceptors (Lipinski definition) is 4. The second-order valence-corrected chi connectivity index (χ2v) is 6.99. The Bertz CT molecular complexity index is 330. The molecule has 0 spiro atoms. The summed E-state index contributed by atoms with van der Waals surface area (Å²) < 4.78 is 5.27. The van der Waals surface area contributed by atoms with Gasteiger partial charge in [0.1, 0.15) is 6.10 Å². The summed E-state index contributed by atoms with van der Waals surface area (Å²) in [6.07, 6.45) is 19.1. The molecular formula is C21H40O5. The molecule has 0 aromatic rings. The molecule has 0 saturated carbocycles. The molecule has 0 aromatic heterocycles. The van der Waals surface area contributed by atoms with E-state index in [1.54, 1.807) is 0 Å². The Morgan fingerprint density at radius 3 is 1.85 bits per heavy atom. The van der Waals surface area contributed by atoms with Crippen molar-refractivity contribution in [1.82, 2.24) is 0 Å². The lowest BCUT2D eigenvalue weighted by molar-refractivity contribution is -0.137. The second-order valence-electron chi connectivity index (χ2n) is 6.99. The standard InChI is InChI=1S/C21H40O5/c22-18-20(23)19-26-17-15-13-11-9-7-5-3-1-2-4-6-8-10-12-14-16-21(24)25/h1-2,20,22-23H,3-19H2,(H,24,25)/b2-1-. The summed E-state index contributed by atoms with van der Waals surface area (Å²) >= 11 is 0. The summed E-state index contributed by atoms with van der Waals surface area (Å²) in [6.45, 7) is 0.663. The van der Waals surface area contributed by atoms with E-state index >= 15 is 0 Å². The molecule has 0 heterocycles. The fourth-order valence-electron chi connectivity index (χ4n) is 2.75. The maximum atomic E-state index is 10.4. The molecule has 0 aromatic carbocycles. The molecule has 0 fully saturated rings. The molecule has 0 amide bonds. The SMILES string of the molecule is O=C(O)CCCCCCC/C=C\CCCCCCCCOCC(O)CO. The van der Waals surface area contributed by atoms with Crippen LogP contribution in [0.2, 0.25) is 0 Å².